The molecule has 1 aliphatic heterocycles. The van der Waals surface area contributed by atoms with Gasteiger partial charge in [-0.3, -0.25) is 4.79 Å². The zero-order chi connectivity index (χ0) is 20.9. The molecule has 0 saturated carbocycles. The average Bonchev–Trinajstić information content (AvgIpc) is 3.42. The normalized spacial score (nSPS) is 11.9. The second-order valence-corrected chi connectivity index (χ2v) is 6.72. The Balaban J connectivity index is 1.30. The first-order chi connectivity index (χ1) is 14.7. The monoisotopic (exact) mass is 410 g/mol. The molecule has 2 heterocycles. The van der Waals surface area contributed by atoms with Crippen LogP contribution in [0.3, 0.4) is 0 Å². The molecule has 156 valence electrons. The van der Waals surface area contributed by atoms with Crippen molar-refractivity contribution in [3.63, 3.8) is 0 Å². The highest BCUT2D eigenvalue weighted by molar-refractivity contribution is 5.78. The molecule has 0 radical (unpaired) electrons. The van der Waals surface area contributed by atoms with Crippen molar-refractivity contribution in [2.75, 3.05) is 27.6 Å². The number of nitrogens with one attached hydrogen (secondary N) is 1. The van der Waals surface area contributed by atoms with Gasteiger partial charge in [0, 0.05) is 18.2 Å². The Morgan fingerprint density at radius 3 is 2.70 bits per heavy atom. The smallest absolute Gasteiger partial charge is 0.231 e. The van der Waals surface area contributed by atoms with E-state index >= 15 is 0 Å². The molecule has 1 amide bonds. The van der Waals surface area contributed by atoms with Gasteiger partial charge < -0.3 is 28.8 Å². The first-order valence-corrected chi connectivity index (χ1v) is 9.49. The van der Waals surface area contributed by atoms with E-state index in [9.17, 15) is 4.79 Å². The zero-order valence-electron chi connectivity index (χ0n) is 16.8. The van der Waals surface area contributed by atoms with Crippen LogP contribution in [0.5, 0.6) is 23.0 Å². The lowest BCUT2D eigenvalue weighted by molar-refractivity contribution is -0.120. The first kappa shape index (κ1) is 19.6. The molecule has 1 aromatic heterocycles. The maximum absolute atomic E-state index is 12.3. The number of rotatable bonds is 8. The standard InChI is InChI=1S/C22H22N2O6/c1-26-17-5-3-14(9-20(17)27-2)7-8-23-22(25)12-16-11-19(30-24-16)15-4-6-18-21(10-15)29-13-28-18/h3-6,9-11H,7-8,12-13H2,1-2H3,(H,23,25). The summed E-state index contributed by atoms with van der Waals surface area (Å²) in [4.78, 5) is 12.3. The summed E-state index contributed by atoms with van der Waals surface area (Å²) < 4.78 is 26.6. The van der Waals surface area contributed by atoms with Gasteiger partial charge in [0.2, 0.25) is 12.7 Å². The van der Waals surface area contributed by atoms with Crippen molar-refractivity contribution < 1.29 is 28.3 Å². The summed E-state index contributed by atoms with van der Waals surface area (Å²) in [6.45, 7) is 0.713. The Kier molecular flexibility index (Phi) is 5.74. The summed E-state index contributed by atoms with van der Waals surface area (Å²) in [6, 6.07) is 13.0. The van der Waals surface area contributed by atoms with E-state index in [1.807, 2.05) is 36.4 Å². The van der Waals surface area contributed by atoms with Gasteiger partial charge in [0.15, 0.2) is 28.8 Å². The number of fused-ring (bicyclic) bond motifs is 1. The summed E-state index contributed by atoms with van der Waals surface area (Å²) in [6.07, 6.45) is 0.813. The van der Waals surface area contributed by atoms with Gasteiger partial charge in [0.05, 0.1) is 26.3 Å². The Bertz CT molecular complexity index is 1050. The van der Waals surface area contributed by atoms with Crippen LogP contribution >= 0.6 is 0 Å². The number of hydrogen-bond donors (Lipinski definition) is 1. The van der Waals surface area contributed by atoms with Crippen molar-refractivity contribution in [1.82, 2.24) is 10.5 Å². The molecule has 8 heteroatoms. The number of amides is 1. The number of methoxy groups -OCH3 is 2. The predicted octanol–water partition coefficient (Wildman–Crippen LogP) is 2.99. The van der Waals surface area contributed by atoms with Gasteiger partial charge in [0.1, 0.15) is 0 Å². The van der Waals surface area contributed by atoms with Crippen LogP contribution < -0.4 is 24.3 Å². The minimum atomic E-state index is -0.124. The van der Waals surface area contributed by atoms with Crippen molar-refractivity contribution >= 4 is 5.91 Å². The van der Waals surface area contributed by atoms with Gasteiger partial charge in [-0.2, -0.15) is 0 Å². The number of nitrogens with zero attached hydrogens (tertiary/aromatic N) is 1. The number of ether oxygens (including phenoxy) is 4. The van der Waals surface area contributed by atoms with E-state index in [1.54, 1.807) is 20.3 Å². The molecule has 0 spiro atoms. The highest BCUT2D eigenvalue weighted by Crippen LogP contribution is 2.36. The summed E-state index contributed by atoms with van der Waals surface area (Å²) >= 11 is 0. The van der Waals surface area contributed by atoms with E-state index in [0.717, 1.165) is 11.1 Å². The molecule has 8 nitrogen and oxygen atoms in total. The van der Waals surface area contributed by atoms with E-state index < -0.39 is 0 Å². The third kappa shape index (κ3) is 4.32. The molecule has 1 aliphatic rings. The molecule has 0 fully saturated rings. The van der Waals surface area contributed by atoms with E-state index in [0.29, 0.717) is 47.4 Å². The lowest BCUT2D eigenvalue weighted by Crippen LogP contribution is -2.27. The van der Waals surface area contributed by atoms with Gasteiger partial charge in [0.25, 0.3) is 0 Å². The molecule has 0 saturated heterocycles. The fourth-order valence-electron chi connectivity index (χ4n) is 3.19. The third-order valence-electron chi connectivity index (χ3n) is 4.74. The summed E-state index contributed by atoms with van der Waals surface area (Å²) in [5, 5.41) is 6.90. The lowest BCUT2D eigenvalue weighted by atomic mass is 10.1. The molecule has 0 aliphatic carbocycles. The Hall–Kier alpha value is -3.68. The summed E-state index contributed by atoms with van der Waals surface area (Å²) in [7, 11) is 3.19. The van der Waals surface area contributed by atoms with Crippen LogP contribution in [0.15, 0.2) is 47.0 Å². The van der Waals surface area contributed by atoms with E-state index in [-0.39, 0.29) is 19.1 Å². The van der Waals surface area contributed by atoms with E-state index in [1.165, 1.54) is 0 Å². The molecule has 0 unspecified atom stereocenters. The van der Waals surface area contributed by atoms with Gasteiger partial charge in [-0.05, 0) is 42.3 Å². The van der Waals surface area contributed by atoms with Crippen LogP contribution in [0.2, 0.25) is 0 Å². The van der Waals surface area contributed by atoms with Gasteiger partial charge >= 0.3 is 0 Å². The molecule has 30 heavy (non-hydrogen) atoms. The quantitative estimate of drug-likeness (QED) is 0.610. The minimum Gasteiger partial charge on any atom is -0.493 e. The van der Waals surface area contributed by atoms with Crippen molar-refractivity contribution in [1.29, 1.82) is 0 Å². The number of aromatic nitrogens is 1. The number of carbonyl (C=O) groups excluding carboxylic acids is 1. The molecule has 3 aromatic rings. The van der Waals surface area contributed by atoms with Crippen LogP contribution in [0, 0.1) is 0 Å². The van der Waals surface area contributed by atoms with Crippen LogP contribution in [0.4, 0.5) is 0 Å². The molecular weight excluding hydrogens is 388 g/mol. The Morgan fingerprint density at radius 2 is 1.87 bits per heavy atom. The van der Waals surface area contributed by atoms with Crippen LogP contribution in [-0.2, 0) is 17.6 Å². The van der Waals surface area contributed by atoms with Crippen molar-refractivity contribution in [3.05, 3.63) is 53.7 Å². The van der Waals surface area contributed by atoms with Crippen molar-refractivity contribution in [2.45, 2.75) is 12.8 Å². The first-order valence-electron chi connectivity index (χ1n) is 9.49. The summed E-state index contributed by atoms with van der Waals surface area (Å²) in [5.74, 6) is 3.16. The predicted molar refractivity (Wildman–Crippen MR) is 108 cm³/mol. The third-order valence-corrected chi connectivity index (χ3v) is 4.74. The molecular formula is C22H22N2O6. The number of benzene rings is 2. The fraction of sp³-hybridized carbons (Fsp3) is 0.273. The van der Waals surface area contributed by atoms with Gasteiger partial charge in [-0.1, -0.05) is 11.2 Å². The second-order valence-electron chi connectivity index (χ2n) is 6.72. The zero-order valence-corrected chi connectivity index (χ0v) is 16.8. The molecule has 0 bridgehead atoms. The maximum atomic E-state index is 12.3. The Labute approximate surface area is 173 Å². The summed E-state index contributed by atoms with van der Waals surface area (Å²) in [5.41, 5.74) is 2.41. The van der Waals surface area contributed by atoms with Crippen LogP contribution in [0.1, 0.15) is 11.3 Å². The van der Waals surface area contributed by atoms with Crippen molar-refractivity contribution in [2.24, 2.45) is 0 Å². The topological polar surface area (TPSA) is 92.1 Å². The highest BCUT2D eigenvalue weighted by Gasteiger charge is 2.16. The molecule has 0 atom stereocenters. The fourth-order valence-corrected chi connectivity index (χ4v) is 3.19. The van der Waals surface area contributed by atoms with Gasteiger partial charge in [-0.25, -0.2) is 0 Å². The highest BCUT2D eigenvalue weighted by atomic mass is 16.7. The largest absolute Gasteiger partial charge is 0.493 e. The van der Waals surface area contributed by atoms with Crippen LogP contribution in [0.25, 0.3) is 11.3 Å². The van der Waals surface area contributed by atoms with Gasteiger partial charge in [-0.15, -0.1) is 0 Å². The minimum absolute atomic E-state index is 0.124. The SMILES string of the molecule is COc1ccc(CCNC(=O)Cc2cc(-c3ccc4c(c3)OCO4)on2)cc1OC. The molecule has 2 aromatic carbocycles. The number of hydrogen-bond acceptors (Lipinski definition) is 7. The molecule has 1 N–H and O–H groups in total. The second kappa shape index (κ2) is 8.77. The lowest BCUT2D eigenvalue weighted by Gasteiger charge is -2.10. The molecule has 4 rings (SSSR count). The average molecular weight is 410 g/mol. The van der Waals surface area contributed by atoms with E-state index in [4.69, 9.17) is 23.5 Å². The maximum Gasteiger partial charge on any atom is 0.231 e. The van der Waals surface area contributed by atoms with Crippen LogP contribution in [-0.4, -0.2) is 38.6 Å². The Morgan fingerprint density at radius 1 is 1.03 bits per heavy atom. The van der Waals surface area contributed by atoms with E-state index in [2.05, 4.69) is 10.5 Å². The number of carbonyl (C=O) groups is 1. The van der Waals surface area contributed by atoms with Crippen molar-refractivity contribution in [3.8, 4) is 34.3 Å².